The van der Waals surface area contributed by atoms with Crippen LogP contribution in [0.5, 0.6) is 0 Å². The minimum atomic E-state index is -0.405. The quantitative estimate of drug-likeness (QED) is 0.677. The van der Waals surface area contributed by atoms with E-state index < -0.39 is 6.04 Å². The number of rotatable bonds is 6. The van der Waals surface area contributed by atoms with E-state index in [-0.39, 0.29) is 17.7 Å². The zero-order chi connectivity index (χ0) is 25.1. The first-order chi connectivity index (χ1) is 17.5. The Hall–Kier alpha value is -3.19. The summed E-state index contributed by atoms with van der Waals surface area (Å²) < 4.78 is 0. The normalized spacial score (nSPS) is 21.1. The lowest BCUT2D eigenvalue weighted by molar-refractivity contribution is -0.123. The number of carbonyl (C=O) groups is 3. The molecular formula is C29H36N4O3. The molecule has 0 aromatic heterocycles. The van der Waals surface area contributed by atoms with E-state index >= 15 is 0 Å². The largest absolute Gasteiger partial charge is 0.351 e. The Morgan fingerprint density at radius 3 is 2.53 bits per heavy atom. The van der Waals surface area contributed by atoms with Crippen LogP contribution in [0.4, 0.5) is 5.69 Å². The fourth-order valence-corrected chi connectivity index (χ4v) is 5.85. The number of hydrogen-bond acceptors (Lipinski definition) is 4. The molecule has 3 heterocycles. The number of piperidine rings is 2. The van der Waals surface area contributed by atoms with Gasteiger partial charge in [0, 0.05) is 32.2 Å². The molecule has 0 aliphatic carbocycles. The van der Waals surface area contributed by atoms with E-state index in [9.17, 15) is 14.4 Å². The molecule has 1 atom stereocenters. The standard InChI is InChI=1S/C29H36N4O3/c1-31-26-20-23(10-11-24(26)28(35)33-15-6-5-9-25(33)29(31)36)27(34)30-14-18-32-16-12-22(13-17-32)19-21-7-3-2-4-8-21/h2-4,7-8,10-11,20,22,25H,5-6,9,12-19H2,1H3,(H,30,34). The molecule has 0 spiro atoms. The lowest BCUT2D eigenvalue weighted by Gasteiger charge is -2.33. The first-order valence-electron chi connectivity index (χ1n) is 13.3. The maximum atomic E-state index is 13.2. The number of benzene rings is 2. The van der Waals surface area contributed by atoms with Gasteiger partial charge in [-0.15, -0.1) is 0 Å². The van der Waals surface area contributed by atoms with E-state index in [0.717, 1.165) is 44.8 Å². The Bertz CT molecular complexity index is 1110. The molecule has 0 saturated carbocycles. The molecule has 0 bridgehead atoms. The van der Waals surface area contributed by atoms with Crippen LogP contribution in [0.25, 0.3) is 0 Å². The zero-order valence-corrected chi connectivity index (χ0v) is 21.1. The highest BCUT2D eigenvalue weighted by Crippen LogP contribution is 2.32. The van der Waals surface area contributed by atoms with E-state index in [4.69, 9.17) is 0 Å². The molecular weight excluding hydrogens is 452 g/mol. The molecule has 36 heavy (non-hydrogen) atoms. The van der Waals surface area contributed by atoms with Crippen molar-refractivity contribution in [3.05, 3.63) is 65.2 Å². The van der Waals surface area contributed by atoms with Gasteiger partial charge in [-0.05, 0) is 81.3 Å². The highest BCUT2D eigenvalue weighted by Gasteiger charge is 2.39. The number of nitrogens with zero attached hydrogens (tertiary/aromatic N) is 3. The van der Waals surface area contributed by atoms with Crippen molar-refractivity contribution in [1.29, 1.82) is 0 Å². The smallest absolute Gasteiger partial charge is 0.256 e. The summed E-state index contributed by atoms with van der Waals surface area (Å²) in [5.74, 6) is 0.359. The van der Waals surface area contributed by atoms with Gasteiger partial charge in [0.05, 0.1) is 11.3 Å². The molecule has 2 saturated heterocycles. The number of amides is 3. The Kier molecular flexibility index (Phi) is 7.37. The van der Waals surface area contributed by atoms with Crippen LogP contribution in [0, 0.1) is 5.92 Å². The van der Waals surface area contributed by atoms with E-state index in [2.05, 4.69) is 40.5 Å². The lowest BCUT2D eigenvalue weighted by atomic mass is 9.90. The molecule has 0 radical (unpaired) electrons. The van der Waals surface area contributed by atoms with E-state index in [1.54, 1.807) is 35.0 Å². The Balaban J connectivity index is 1.15. The second-order valence-corrected chi connectivity index (χ2v) is 10.4. The zero-order valence-electron chi connectivity index (χ0n) is 21.1. The molecule has 7 nitrogen and oxygen atoms in total. The molecule has 3 aliphatic rings. The van der Waals surface area contributed by atoms with E-state index in [1.165, 1.54) is 18.4 Å². The van der Waals surface area contributed by atoms with Crippen molar-refractivity contribution >= 4 is 23.4 Å². The monoisotopic (exact) mass is 488 g/mol. The fourth-order valence-electron chi connectivity index (χ4n) is 5.85. The van der Waals surface area contributed by atoms with Crippen molar-refractivity contribution in [3.8, 4) is 0 Å². The average Bonchev–Trinajstić information content (AvgIpc) is 3.00. The third kappa shape index (κ3) is 5.16. The summed E-state index contributed by atoms with van der Waals surface area (Å²) in [4.78, 5) is 44.8. The number of likely N-dealkylation sites (N-methyl/N-ethyl adjacent to an activating group) is 1. The molecule has 2 aromatic carbocycles. The van der Waals surface area contributed by atoms with Crippen molar-refractivity contribution in [2.45, 2.75) is 44.6 Å². The van der Waals surface area contributed by atoms with Crippen LogP contribution in [0.15, 0.2) is 48.5 Å². The van der Waals surface area contributed by atoms with Gasteiger partial charge in [-0.1, -0.05) is 30.3 Å². The summed E-state index contributed by atoms with van der Waals surface area (Å²) in [7, 11) is 1.70. The van der Waals surface area contributed by atoms with Gasteiger partial charge >= 0.3 is 0 Å². The van der Waals surface area contributed by atoms with Crippen molar-refractivity contribution in [3.63, 3.8) is 0 Å². The lowest BCUT2D eigenvalue weighted by Crippen LogP contribution is -2.49. The van der Waals surface area contributed by atoms with Crippen molar-refractivity contribution in [1.82, 2.24) is 15.1 Å². The fraction of sp³-hybridized carbons (Fsp3) is 0.483. The topological polar surface area (TPSA) is 73.0 Å². The molecule has 190 valence electrons. The van der Waals surface area contributed by atoms with Gasteiger partial charge in [0.1, 0.15) is 6.04 Å². The number of anilines is 1. The average molecular weight is 489 g/mol. The Morgan fingerprint density at radius 2 is 1.75 bits per heavy atom. The van der Waals surface area contributed by atoms with Gasteiger partial charge in [0.15, 0.2) is 0 Å². The van der Waals surface area contributed by atoms with Gasteiger partial charge in [-0.25, -0.2) is 0 Å². The molecule has 1 N–H and O–H groups in total. The van der Waals surface area contributed by atoms with Crippen LogP contribution in [0.1, 0.15) is 58.4 Å². The van der Waals surface area contributed by atoms with Crippen molar-refractivity contribution in [2.24, 2.45) is 5.92 Å². The highest BCUT2D eigenvalue weighted by molar-refractivity contribution is 6.12. The third-order valence-corrected chi connectivity index (χ3v) is 8.02. The van der Waals surface area contributed by atoms with Gasteiger partial charge < -0.3 is 20.0 Å². The van der Waals surface area contributed by atoms with Crippen molar-refractivity contribution < 1.29 is 14.4 Å². The first kappa shape index (κ1) is 24.5. The molecule has 2 aromatic rings. The summed E-state index contributed by atoms with van der Waals surface area (Å²) in [6.07, 6.45) is 6.06. The molecule has 3 amide bonds. The van der Waals surface area contributed by atoms with E-state index in [1.807, 2.05) is 0 Å². The maximum absolute atomic E-state index is 13.2. The summed E-state index contributed by atoms with van der Waals surface area (Å²) in [5, 5.41) is 3.03. The Morgan fingerprint density at radius 1 is 0.972 bits per heavy atom. The number of carbonyl (C=O) groups excluding carboxylic acids is 3. The second-order valence-electron chi connectivity index (χ2n) is 10.4. The molecule has 1 unspecified atom stereocenters. The van der Waals surface area contributed by atoms with E-state index in [0.29, 0.717) is 36.3 Å². The number of hydrogen-bond donors (Lipinski definition) is 1. The van der Waals surface area contributed by atoms with Gasteiger partial charge in [-0.3, -0.25) is 14.4 Å². The SMILES string of the molecule is CN1C(=O)C2CCCCN2C(=O)c2ccc(C(=O)NCCN3CCC(Cc4ccccc4)CC3)cc21. The number of nitrogens with one attached hydrogen (secondary N) is 1. The van der Waals surface area contributed by atoms with Crippen LogP contribution in [0.3, 0.4) is 0 Å². The minimum absolute atomic E-state index is 0.0741. The summed E-state index contributed by atoms with van der Waals surface area (Å²) >= 11 is 0. The van der Waals surface area contributed by atoms with Crippen LogP contribution in [-0.4, -0.2) is 73.3 Å². The number of fused-ring (bicyclic) bond motifs is 2. The molecule has 2 fully saturated rings. The molecule has 7 heteroatoms. The third-order valence-electron chi connectivity index (χ3n) is 8.02. The van der Waals surface area contributed by atoms with Gasteiger partial charge in [-0.2, -0.15) is 0 Å². The summed E-state index contributed by atoms with van der Waals surface area (Å²) in [6.45, 7) is 4.11. The highest BCUT2D eigenvalue weighted by atomic mass is 16.2. The molecule has 5 rings (SSSR count). The summed E-state index contributed by atoms with van der Waals surface area (Å²) in [6, 6.07) is 15.4. The van der Waals surface area contributed by atoms with Gasteiger partial charge in [0.2, 0.25) is 5.91 Å². The van der Waals surface area contributed by atoms with Crippen LogP contribution in [-0.2, 0) is 11.2 Å². The predicted octanol–water partition coefficient (Wildman–Crippen LogP) is 3.34. The van der Waals surface area contributed by atoms with Crippen molar-refractivity contribution in [2.75, 3.05) is 44.7 Å². The predicted molar refractivity (Wildman–Crippen MR) is 140 cm³/mol. The minimum Gasteiger partial charge on any atom is -0.351 e. The Labute approximate surface area is 213 Å². The summed E-state index contributed by atoms with van der Waals surface area (Å²) in [5.41, 5.74) is 2.90. The van der Waals surface area contributed by atoms with Crippen LogP contribution in [0.2, 0.25) is 0 Å². The number of likely N-dealkylation sites (tertiary alicyclic amines) is 1. The molecule has 3 aliphatic heterocycles. The maximum Gasteiger partial charge on any atom is 0.256 e. The van der Waals surface area contributed by atoms with Gasteiger partial charge in [0.25, 0.3) is 11.8 Å². The van der Waals surface area contributed by atoms with Crippen LogP contribution >= 0.6 is 0 Å². The van der Waals surface area contributed by atoms with Crippen LogP contribution < -0.4 is 10.2 Å². The second kappa shape index (κ2) is 10.8. The first-order valence-corrected chi connectivity index (χ1v) is 13.3.